The van der Waals surface area contributed by atoms with Crippen molar-refractivity contribution in [1.82, 2.24) is 10.1 Å². The van der Waals surface area contributed by atoms with Crippen LogP contribution in [0.5, 0.6) is 5.75 Å². The van der Waals surface area contributed by atoms with E-state index in [9.17, 15) is 0 Å². The highest BCUT2D eigenvalue weighted by atomic mass is 16.5. The molecule has 0 saturated carbocycles. The van der Waals surface area contributed by atoms with Crippen molar-refractivity contribution in [2.24, 2.45) is 5.73 Å². The molecule has 1 heterocycles. The molecule has 2 rings (SSSR count). The second kappa shape index (κ2) is 6.31. The van der Waals surface area contributed by atoms with E-state index in [0.717, 1.165) is 11.3 Å². The van der Waals surface area contributed by atoms with Gasteiger partial charge in [-0.15, -0.1) is 0 Å². The van der Waals surface area contributed by atoms with E-state index in [1.165, 1.54) is 0 Å². The van der Waals surface area contributed by atoms with Crippen molar-refractivity contribution in [2.75, 3.05) is 20.8 Å². The third-order valence-corrected chi connectivity index (χ3v) is 2.65. The molecule has 0 bridgehead atoms. The zero-order valence-electron chi connectivity index (χ0n) is 11.0. The van der Waals surface area contributed by atoms with Crippen LogP contribution in [-0.4, -0.2) is 31.0 Å². The Morgan fingerprint density at radius 3 is 2.95 bits per heavy atom. The molecule has 6 nitrogen and oxygen atoms in total. The molecule has 102 valence electrons. The highest BCUT2D eigenvalue weighted by molar-refractivity contribution is 5.29. The van der Waals surface area contributed by atoms with E-state index in [-0.39, 0.29) is 6.04 Å². The van der Waals surface area contributed by atoms with Crippen LogP contribution in [0.1, 0.15) is 23.3 Å². The van der Waals surface area contributed by atoms with Gasteiger partial charge in [0.25, 0.3) is 0 Å². The molecule has 0 amide bonds. The Morgan fingerprint density at radius 1 is 1.37 bits per heavy atom. The Hall–Kier alpha value is -1.92. The van der Waals surface area contributed by atoms with Gasteiger partial charge in [-0.25, -0.2) is 0 Å². The van der Waals surface area contributed by atoms with E-state index in [0.29, 0.717) is 24.7 Å². The molecule has 0 fully saturated rings. The molecule has 1 aromatic carbocycles. The molecule has 2 N–H and O–H groups in total. The summed E-state index contributed by atoms with van der Waals surface area (Å²) in [6.07, 6.45) is 0.546. The summed E-state index contributed by atoms with van der Waals surface area (Å²) in [6.45, 7) is 0.359. The van der Waals surface area contributed by atoms with Gasteiger partial charge in [-0.1, -0.05) is 17.3 Å². The van der Waals surface area contributed by atoms with Crippen molar-refractivity contribution in [1.29, 1.82) is 0 Å². The molecule has 1 unspecified atom stereocenters. The third-order valence-electron chi connectivity index (χ3n) is 2.65. The second-order valence-corrected chi connectivity index (χ2v) is 4.14. The number of aromatic nitrogens is 2. The van der Waals surface area contributed by atoms with Gasteiger partial charge in [0.2, 0.25) is 5.89 Å². The van der Waals surface area contributed by atoms with Gasteiger partial charge in [-0.3, -0.25) is 0 Å². The monoisotopic (exact) mass is 263 g/mol. The van der Waals surface area contributed by atoms with Crippen LogP contribution in [0.3, 0.4) is 0 Å². The Bertz CT molecular complexity index is 527. The van der Waals surface area contributed by atoms with Gasteiger partial charge >= 0.3 is 0 Å². The molecule has 0 aliphatic rings. The molecule has 1 atom stereocenters. The Kier molecular flexibility index (Phi) is 4.48. The maximum Gasteiger partial charge on any atom is 0.231 e. The summed E-state index contributed by atoms with van der Waals surface area (Å²) < 4.78 is 15.3. The molecule has 6 heteroatoms. The fourth-order valence-corrected chi connectivity index (χ4v) is 1.70. The van der Waals surface area contributed by atoms with Crippen LogP contribution in [0.4, 0.5) is 0 Å². The lowest BCUT2D eigenvalue weighted by Gasteiger charge is -2.03. The van der Waals surface area contributed by atoms with Crippen LogP contribution >= 0.6 is 0 Å². The predicted octanol–water partition coefficient (Wildman–Crippen LogP) is 1.32. The maximum absolute atomic E-state index is 5.83. The first-order valence-electron chi connectivity index (χ1n) is 5.93. The number of ether oxygens (including phenoxy) is 2. The molecular formula is C13H17N3O3. The minimum atomic E-state index is -0.368. The van der Waals surface area contributed by atoms with Crippen LogP contribution in [0.25, 0.3) is 0 Å². The topological polar surface area (TPSA) is 83.4 Å². The maximum atomic E-state index is 5.83. The lowest BCUT2D eigenvalue weighted by Crippen LogP contribution is -2.17. The van der Waals surface area contributed by atoms with Crippen molar-refractivity contribution in [3.8, 4) is 5.75 Å². The number of rotatable bonds is 6. The van der Waals surface area contributed by atoms with Crippen LogP contribution in [0, 0.1) is 0 Å². The Labute approximate surface area is 111 Å². The number of hydrogen-bond donors (Lipinski definition) is 1. The Balaban J connectivity index is 2.06. The zero-order valence-corrected chi connectivity index (χ0v) is 11.0. The van der Waals surface area contributed by atoms with E-state index in [4.69, 9.17) is 19.7 Å². The molecular weight excluding hydrogens is 246 g/mol. The minimum absolute atomic E-state index is 0.359. The van der Waals surface area contributed by atoms with Gasteiger partial charge in [0.15, 0.2) is 5.82 Å². The lowest BCUT2D eigenvalue weighted by atomic mass is 10.1. The highest BCUT2D eigenvalue weighted by Gasteiger charge is 2.14. The SMILES string of the molecule is COCC(N)c1noc(Cc2cccc(OC)c2)n1. The van der Waals surface area contributed by atoms with E-state index in [1.54, 1.807) is 14.2 Å². The molecule has 0 saturated heterocycles. The normalized spacial score (nSPS) is 12.4. The quantitative estimate of drug-likeness (QED) is 0.846. The molecule has 0 radical (unpaired) electrons. The van der Waals surface area contributed by atoms with Crippen LogP contribution in [-0.2, 0) is 11.2 Å². The first-order chi connectivity index (χ1) is 9.22. The van der Waals surface area contributed by atoms with Gasteiger partial charge < -0.3 is 19.7 Å². The van der Waals surface area contributed by atoms with Crippen LogP contribution in [0.2, 0.25) is 0 Å². The van der Waals surface area contributed by atoms with Gasteiger partial charge in [0.05, 0.1) is 26.2 Å². The largest absolute Gasteiger partial charge is 0.497 e. The average Bonchev–Trinajstić information content (AvgIpc) is 2.88. The molecule has 0 aliphatic carbocycles. The molecule has 2 aromatic rings. The predicted molar refractivity (Wildman–Crippen MR) is 68.9 cm³/mol. The molecule has 1 aromatic heterocycles. The third kappa shape index (κ3) is 3.52. The number of benzene rings is 1. The first-order valence-corrected chi connectivity index (χ1v) is 5.93. The summed E-state index contributed by atoms with van der Waals surface area (Å²) in [6, 6.07) is 7.34. The molecule has 19 heavy (non-hydrogen) atoms. The summed E-state index contributed by atoms with van der Waals surface area (Å²) >= 11 is 0. The van der Waals surface area contributed by atoms with Gasteiger partial charge in [-0.2, -0.15) is 4.98 Å². The summed E-state index contributed by atoms with van der Waals surface area (Å²) in [5.74, 6) is 1.78. The van der Waals surface area contributed by atoms with Gasteiger partial charge in [0, 0.05) is 7.11 Å². The van der Waals surface area contributed by atoms with E-state index in [2.05, 4.69) is 10.1 Å². The number of hydrogen-bond acceptors (Lipinski definition) is 6. The fourth-order valence-electron chi connectivity index (χ4n) is 1.70. The fraction of sp³-hybridized carbons (Fsp3) is 0.385. The van der Waals surface area contributed by atoms with E-state index < -0.39 is 0 Å². The highest BCUT2D eigenvalue weighted by Crippen LogP contribution is 2.16. The van der Waals surface area contributed by atoms with Crippen LogP contribution < -0.4 is 10.5 Å². The summed E-state index contributed by atoms with van der Waals surface area (Å²) in [4.78, 5) is 4.26. The van der Waals surface area contributed by atoms with Crippen molar-refractivity contribution in [3.63, 3.8) is 0 Å². The molecule has 0 aliphatic heterocycles. The number of nitrogens with zero attached hydrogens (tertiary/aromatic N) is 2. The van der Waals surface area contributed by atoms with Crippen LogP contribution in [0.15, 0.2) is 28.8 Å². The number of methoxy groups -OCH3 is 2. The second-order valence-electron chi connectivity index (χ2n) is 4.14. The van der Waals surface area contributed by atoms with Gasteiger partial charge in [0.1, 0.15) is 5.75 Å². The smallest absolute Gasteiger partial charge is 0.231 e. The van der Waals surface area contributed by atoms with Crippen molar-refractivity contribution in [2.45, 2.75) is 12.5 Å². The summed E-state index contributed by atoms with van der Waals surface area (Å²) in [5, 5.41) is 3.85. The summed E-state index contributed by atoms with van der Waals surface area (Å²) in [7, 11) is 3.21. The van der Waals surface area contributed by atoms with Crippen molar-refractivity contribution >= 4 is 0 Å². The molecule has 0 spiro atoms. The van der Waals surface area contributed by atoms with Gasteiger partial charge in [-0.05, 0) is 17.7 Å². The van der Waals surface area contributed by atoms with E-state index in [1.807, 2.05) is 24.3 Å². The average molecular weight is 263 g/mol. The Morgan fingerprint density at radius 2 is 2.21 bits per heavy atom. The first kappa shape index (κ1) is 13.5. The van der Waals surface area contributed by atoms with Crippen molar-refractivity contribution < 1.29 is 14.0 Å². The number of nitrogens with two attached hydrogens (primary N) is 1. The standard InChI is InChI=1S/C13H17N3O3/c1-17-8-11(14)13-15-12(19-16-13)7-9-4-3-5-10(6-9)18-2/h3-6,11H,7-8,14H2,1-2H3. The minimum Gasteiger partial charge on any atom is -0.497 e. The van der Waals surface area contributed by atoms with E-state index >= 15 is 0 Å². The lowest BCUT2D eigenvalue weighted by molar-refractivity contribution is 0.177. The zero-order chi connectivity index (χ0) is 13.7. The van der Waals surface area contributed by atoms with Crippen molar-refractivity contribution in [3.05, 3.63) is 41.5 Å². The summed E-state index contributed by atoms with van der Waals surface area (Å²) in [5.41, 5.74) is 6.86.